The molecule has 6 heterocycles. The Bertz CT molecular complexity index is 1950. The van der Waals surface area contributed by atoms with Gasteiger partial charge in [-0.3, -0.25) is 4.68 Å². The zero-order chi connectivity index (χ0) is 31.7. The molecule has 12 heteroatoms. The highest BCUT2D eigenvalue weighted by Gasteiger charge is 2.34. The van der Waals surface area contributed by atoms with E-state index in [1.165, 1.54) is 41.3 Å². The van der Waals surface area contributed by atoms with E-state index in [2.05, 4.69) is 34.2 Å². The second-order valence-corrected chi connectivity index (χ2v) is 14.4. The summed E-state index contributed by atoms with van der Waals surface area (Å²) in [5, 5.41) is 24.2. The molecule has 3 aliphatic rings. The van der Waals surface area contributed by atoms with Crippen LogP contribution in [0.3, 0.4) is 0 Å². The van der Waals surface area contributed by atoms with Crippen molar-refractivity contribution >= 4 is 50.5 Å². The number of thioether (sulfide) groups is 1. The van der Waals surface area contributed by atoms with E-state index in [4.69, 9.17) is 29.6 Å². The number of nitrogens with zero attached hydrogens (tertiary/aromatic N) is 8. The van der Waals surface area contributed by atoms with Crippen molar-refractivity contribution in [3.05, 3.63) is 23.4 Å². The predicted octanol–water partition coefficient (Wildman–Crippen LogP) is 5.71. The lowest BCUT2D eigenvalue weighted by atomic mass is 9.77. The topological polar surface area (TPSA) is 108 Å². The smallest absolute Gasteiger partial charge is 0.191 e. The van der Waals surface area contributed by atoms with Gasteiger partial charge < -0.3 is 24.0 Å². The molecular formula is C34H44N8O3S. The summed E-state index contributed by atoms with van der Waals surface area (Å²) >= 11 is 1.53. The maximum atomic E-state index is 11.1. The molecule has 1 N–H and O–H groups in total. The van der Waals surface area contributed by atoms with Crippen LogP contribution in [0.25, 0.3) is 44.2 Å². The minimum absolute atomic E-state index is 0.0401. The normalized spacial score (nSPS) is 24.3. The lowest BCUT2D eigenvalue weighted by Gasteiger charge is -2.29. The molecule has 0 saturated carbocycles. The molecule has 8 rings (SSSR count). The maximum absolute atomic E-state index is 11.1. The van der Waals surface area contributed by atoms with E-state index in [1.807, 2.05) is 31.1 Å². The van der Waals surface area contributed by atoms with Gasteiger partial charge in [-0.15, -0.1) is 0 Å². The second kappa shape index (κ2) is 11.5. The van der Waals surface area contributed by atoms with Crippen molar-refractivity contribution in [3.63, 3.8) is 0 Å². The van der Waals surface area contributed by atoms with Gasteiger partial charge in [0.1, 0.15) is 22.8 Å². The first-order valence-corrected chi connectivity index (χ1v) is 18.0. The highest BCUT2D eigenvalue weighted by atomic mass is 32.2. The summed E-state index contributed by atoms with van der Waals surface area (Å²) < 4.78 is 18.4. The molecule has 2 fully saturated rings. The third-order valence-electron chi connectivity index (χ3n) is 10.3. The first-order valence-electron chi connectivity index (χ1n) is 16.8. The number of ether oxygens (including phenoxy) is 2. The molecule has 46 heavy (non-hydrogen) atoms. The van der Waals surface area contributed by atoms with Crippen LogP contribution >= 0.6 is 11.8 Å². The number of hydrogen-bond acceptors (Lipinski definition) is 9. The summed E-state index contributed by atoms with van der Waals surface area (Å²) in [6.07, 6.45) is 11.8. The Morgan fingerprint density at radius 2 is 1.98 bits per heavy atom. The first-order chi connectivity index (χ1) is 22.3. The molecule has 0 amide bonds. The van der Waals surface area contributed by atoms with Gasteiger partial charge in [-0.2, -0.15) is 10.2 Å². The fourth-order valence-electron chi connectivity index (χ4n) is 8.18. The number of fused-ring (bicyclic) bond motifs is 5. The zero-order valence-corrected chi connectivity index (χ0v) is 28.4. The van der Waals surface area contributed by atoms with E-state index < -0.39 is 5.60 Å². The monoisotopic (exact) mass is 644 g/mol. The molecule has 4 aromatic heterocycles. The van der Waals surface area contributed by atoms with Crippen LogP contribution < -0.4 is 4.90 Å². The van der Waals surface area contributed by atoms with Crippen molar-refractivity contribution in [2.75, 3.05) is 44.1 Å². The van der Waals surface area contributed by atoms with Gasteiger partial charge in [0.25, 0.3) is 0 Å². The van der Waals surface area contributed by atoms with Gasteiger partial charge in [-0.1, -0.05) is 18.7 Å². The molecule has 0 bridgehead atoms. The van der Waals surface area contributed by atoms with Crippen molar-refractivity contribution in [3.8, 4) is 11.3 Å². The largest absolute Gasteiger partial charge is 0.386 e. The number of benzene rings is 1. The van der Waals surface area contributed by atoms with Crippen LogP contribution in [0.4, 0.5) is 5.82 Å². The highest BCUT2D eigenvalue weighted by molar-refractivity contribution is 7.98. The molecule has 3 atom stereocenters. The van der Waals surface area contributed by atoms with Crippen LogP contribution in [0.1, 0.15) is 75.6 Å². The Balaban J connectivity index is 1.42. The third kappa shape index (κ3) is 4.74. The van der Waals surface area contributed by atoms with Crippen LogP contribution in [-0.2, 0) is 30.0 Å². The van der Waals surface area contributed by atoms with Crippen molar-refractivity contribution in [2.45, 2.75) is 81.7 Å². The molecule has 2 saturated heterocycles. The Labute approximate surface area is 273 Å². The highest BCUT2D eigenvalue weighted by Crippen LogP contribution is 2.48. The van der Waals surface area contributed by atoms with Crippen molar-refractivity contribution in [1.29, 1.82) is 0 Å². The zero-order valence-electron chi connectivity index (χ0n) is 27.5. The molecule has 2 aliphatic heterocycles. The Morgan fingerprint density at radius 3 is 2.76 bits per heavy atom. The average molecular weight is 645 g/mol. The molecule has 1 aromatic carbocycles. The van der Waals surface area contributed by atoms with E-state index in [1.54, 1.807) is 0 Å². The average Bonchev–Trinajstić information content (AvgIpc) is 3.68. The first kappa shape index (κ1) is 30.2. The van der Waals surface area contributed by atoms with Gasteiger partial charge in [-0.25, -0.2) is 14.6 Å². The van der Waals surface area contributed by atoms with E-state index >= 15 is 0 Å². The van der Waals surface area contributed by atoms with Gasteiger partial charge in [0.15, 0.2) is 11.4 Å². The van der Waals surface area contributed by atoms with E-state index in [9.17, 15) is 5.11 Å². The molecule has 11 nitrogen and oxygen atoms in total. The summed E-state index contributed by atoms with van der Waals surface area (Å²) in [7, 11) is 4.13. The van der Waals surface area contributed by atoms with E-state index in [0.29, 0.717) is 37.4 Å². The van der Waals surface area contributed by atoms with Gasteiger partial charge >= 0.3 is 0 Å². The van der Waals surface area contributed by atoms with Crippen LogP contribution in [0.5, 0.6) is 0 Å². The number of anilines is 1. The Kier molecular flexibility index (Phi) is 7.54. The molecule has 244 valence electrons. The second-order valence-electron chi connectivity index (χ2n) is 13.6. The standard InChI is InChI=1S/C34H44N8O3S/c1-6-20-10-9-11-21-16-23-22(17-35-42(23)24-12-7-8-14-45-24)26(25(20)21)28-30-29(40(4)38-28)27-31(39(30)3)36-33(46-5)37-32(27)41-13-15-44-19-34(2,43)18-41/h16-17,20,24,43H,6-15,18-19H2,1-5H3/t20-,24?,34+/m1/s1. The minimum atomic E-state index is -0.995. The van der Waals surface area contributed by atoms with E-state index in [-0.39, 0.29) is 6.23 Å². The van der Waals surface area contributed by atoms with Gasteiger partial charge in [0.2, 0.25) is 0 Å². The molecule has 1 unspecified atom stereocenters. The fourth-order valence-corrected chi connectivity index (χ4v) is 8.54. The number of hydrogen-bond donors (Lipinski definition) is 1. The van der Waals surface area contributed by atoms with Crippen molar-refractivity contribution in [1.82, 2.24) is 34.1 Å². The Morgan fingerprint density at radius 1 is 1.11 bits per heavy atom. The third-order valence-corrected chi connectivity index (χ3v) is 10.8. The van der Waals surface area contributed by atoms with Crippen LogP contribution in [0.15, 0.2) is 17.4 Å². The maximum Gasteiger partial charge on any atom is 0.191 e. The van der Waals surface area contributed by atoms with Gasteiger partial charge in [-0.05, 0) is 81.2 Å². The molecular weight excluding hydrogens is 600 g/mol. The fraction of sp³-hybridized carbons (Fsp3) is 0.588. The lowest BCUT2D eigenvalue weighted by molar-refractivity contribution is -0.0366. The summed E-state index contributed by atoms with van der Waals surface area (Å²) in [5.41, 5.74) is 8.04. The number of β-amino-alcohol motifs (C(OH)–C–C–N with tert-alkyl or cyclic N) is 1. The van der Waals surface area contributed by atoms with Crippen LogP contribution in [0.2, 0.25) is 0 Å². The van der Waals surface area contributed by atoms with Crippen molar-refractivity contribution < 1.29 is 14.6 Å². The minimum Gasteiger partial charge on any atom is -0.386 e. The number of rotatable bonds is 5. The van der Waals surface area contributed by atoms with Crippen LogP contribution in [0, 0.1) is 0 Å². The number of aryl methyl sites for hydroxylation is 3. The van der Waals surface area contributed by atoms with Crippen LogP contribution in [-0.4, -0.2) is 84.0 Å². The lowest BCUT2D eigenvalue weighted by Crippen LogP contribution is -2.42. The van der Waals surface area contributed by atoms with E-state index in [0.717, 1.165) is 83.2 Å². The van der Waals surface area contributed by atoms with Crippen molar-refractivity contribution in [2.24, 2.45) is 14.1 Å². The molecule has 5 aromatic rings. The molecule has 0 radical (unpaired) electrons. The summed E-state index contributed by atoms with van der Waals surface area (Å²) in [6.45, 7) is 6.77. The molecule has 0 spiro atoms. The summed E-state index contributed by atoms with van der Waals surface area (Å²) in [6, 6.07) is 2.39. The summed E-state index contributed by atoms with van der Waals surface area (Å²) in [4.78, 5) is 12.3. The quantitative estimate of drug-likeness (QED) is 0.190. The summed E-state index contributed by atoms with van der Waals surface area (Å²) in [5.74, 6) is 1.27. The number of aliphatic hydroxyl groups is 1. The predicted molar refractivity (Wildman–Crippen MR) is 182 cm³/mol. The van der Waals surface area contributed by atoms with Gasteiger partial charge in [0, 0.05) is 38.2 Å². The molecule has 1 aliphatic carbocycles. The number of aromatic nitrogens is 7. The Hall–Kier alpha value is -3.19. The SMILES string of the molecule is CC[C@@H]1CCCc2cc3c(cnn3C3CCCCO3)c(-c3nn(C)c4c5c(N6CCOC[C@@](C)(O)C6)nc(SC)nc5n(C)c34)c21. The van der Waals surface area contributed by atoms with Gasteiger partial charge in [0.05, 0.1) is 47.9 Å².